The van der Waals surface area contributed by atoms with Crippen molar-refractivity contribution in [1.29, 1.82) is 0 Å². The van der Waals surface area contributed by atoms with Crippen molar-refractivity contribution in [2.45, 2.75) is 12.8 Å². The lowest BCUT2D eigenvalue weighted by molar-refractivity contribution is 0.472. The van der Waals surface area contributed by atoms with Crippen LogP contribution in [0.4, 0.5) is 0 Å². The van der Waals surface area contributed by atoms with E-state index in [4.69, 9.17) is 11.6 Å². The van der Waals surface area contributed by atoms with Gasteiger partial charge in [0.25, 0.3) is 0 Å². The summed E-state index contributed by atoms with van der Waals surface area (Å²) >= 11 is 7.46. The second-order valence-corrected chi connectivity index (χ2v) is 4.16. The maximum atomic E-state index is 9.52. The van der Waals surface area contributed by atoms with Gasteiger partial charge in [-0.1, -0.05) is 0 Å². The first kappa shape index (κ1) is 8.85. The van der Waals surface area contributed by atoms with E-state index < -0.39 is 0 Å². The second kappa shape index (κ2) is 3.20. The van der Waals surface area contributed by atoms with Gasteiger partial charge in [0.15, 0.2) is 0 Å². The van der Waals surface area contributed by atoms with E-state index in [1.54, 1.807) is 17.4 Å². The molecule has 0 aliphatic heterocycles. The highest BCUT2D eigenvalue weighted by Crippen LogP contribution is 2.34. The molecule has 0 unspecified atom stereocenters. The summed E-state index contributed by atoms with van der Waals surface area (Å²) in [5.41, 5.74) is 2.03. The van der Waals surface area contributed by atoms with Crippen molar-refractivity contribution in [2.75, 3.05) is 0 Å². The minimum atomic E-state index is 0.345. The van der Waals surface area contributed by atoms with E-state index in [-0.39, 0.29) is 0 Å². The van der Waals surface area contributed by atoms with Gasteiger partial charge in [-0.05, 0) is 35.6 Å². The van der Waals surface area contributed by atoms with Crippen LogP contribution in [0, 0.1) is 6.92 Å². The normalized spacial score (nSPS) is 10.9. The monoisotopic (exact) mass is 212 g/mol. The molecular formula is C10H9ClOS. The molecule has 0 saturated carbocycles. The number of aromatic hydroxyl groups is 1. The van der Waals surface area contributed by atoms with Gasteiger partial charge in [-0.25, -0.2) is 0 Å². The molecule has 1 aromatic heterocycles. The fourth-order valence-electron chi connectivity index (χ4n) is 1.46. The smallest absolute Gasteiger partial charge is 0.119 e. The third-order valence-corrected chi connectivity index (χ3v) is 3.48. The van der Waals surface area contributed by atoms with Gasteiger partial charge in [-0.15, -0.1) is 22.9 Å². The van der Waals surface area contributed by atoms with Crippen LogP contribution in [0.25, 0.3) is 10.1 Å². The van der Waals surface area contributed by atoms with Gasteiger partial charge in [-0.2, -0.15) is 0 Å². The fourth-order valence-corrected chi connectivity index (χ4v) is 2.79. The Morgan fingerprint density at radius 2 is 2.23 bits per heavy atom. The second-order valence-electron chi connectivity index (χ2n) is 2.98. The first-order valence-corrected chi connectivity index (χ1v) is 5.40. The third-order valence-electron chi connectivity index (χ3n) is 2.19. The standard InChI is InChI=1S/C10H9ClOS/c1-6-8(12)2-3-9-10(6)7(4-11)5-13-9/h2-3,5,12H,4H2,1H3. The molecular weight excluding hydrogens is 204 g/mol. The number of benzene rings is 1. The van der Waals surface area contributed by atoms with Crippen LogP contribution in [0.15, 0.2) is 17.5 Å². The molecule has 0 saturated heterocycles. The number of hydrogen-bond donors (Lipinski definition) is 1. The molecule has 2 rings (SSSR count). The molecule has 1 N–H and O–H groups in total. The Kier molecular flexibility index (Phi) is 2.18. The van der Waals surface area contributed by atoms with Gasteiger partial charge < -0.3 is 5.11 Å². The third kappa shape index (κ3) is 1.30. The lowest BCUT2D eigenvalue weighted by Gasteiger charge is -2.01. The van der Waals surface area contributed by atoms with E-state index in [1.807, 2.05) is 18.4 Å². The molecule has 0 amide bonds. The zero-order valence-corrected chi connectivity index (χ0v) is 8.75. The van der Waals surface area contributed by atoms with Crippen molar-refractivity contribution < 1.29 is 5.11 Å². The average molecular weight is 213 g/mol. The van der Waals surface area contributed by atoms with Crippen LogP contribution in [0.5, 0.6) is 5.75 Å². The number of thiophene rings is 1. The average Bonchev–Trinajstić information content (AvgIpc) is 2.55. The number of rotatable bonds is 1. The summed E-state index contributed by atoms with van der Waals surface area (Å²) in [6, 6.07) is 3.66. The molecule has 1 aromatic carbocycles. The largest absolute Gasteiger partial charge is 0.508 e. The lowest BCUT2D eigenvalue weighted by atomic mass is 10.1. The summed E-state index contributed by atoms with van der Waals surface area (Å²) in [5.74, 6) is 0.849. The van der Waals surface area contributed by atoms with Gasteiger partial charge in [-0.3, -0.25) is 0 Å². The molecule has 1 heterocycles. The van der Waals surface area contributed by atoms with E-state index >= 15 is 0 Å². The highest BCUT2D eigenvalue weighted by molar-refractivity contribution is 7.17. The lowest BCUT2D eigenvalue weighted by Crippen LogP contribution is -1.79. The van der Waals surface area contributed by atoms with E-state index in [9.17, 15) is 5.11 Å². The summed E-state index contributed by atoms with van der Waals surface area (Å²) in [7, 11) is 0. The Hall–Kier alpha value is -0.730. The summed E-state index contributed by atoms with van der Waals surface area (Å²) in [5, 5.41) is 12.7. The fraction of sp³-hybridized carbons (Fsp3) is 0.200. The molecule has 0 aliphatic rings. The minimum Gasteiger partial charge on any atom is -0.508 e. The maximum Gasteiger partial charge on any atom is 0.119 e. The van der Waals surface area contributed by atoms with Gasteiger partial charge in [0.1, 0.15) is 5.75 Å². The van der Waals surface area contributed by atoms with Crippen molar-refractivity contribution in [3.63, 3.8) is 0 Å². The molecule has 13 heavy (non-hydrogen) atoms. The number of fused-ring (bicyclic) bond motifs is 1. The first-order chi connectivity index (χ1) is 6.24. The van der Waals surface area contributed by atoms with E-state index in [2.05, 4.69) is 0 Å². The highest BCUT2D eigenvalue weighted by Gasteiger charge is 2.08. The highest BCUT2D eigenvalue weighted by atomic mass is 35.5. The van der Waals surface area contributed by atoms with Crippen LogP contribution in [0.1, 0.15) is 11.1 Å². The minimum absolute atomic E-state index is 0.345. The van der Waals surface area contributed by atoms with Crippen molar-refractivity contribution >= 4 is 33.0 Å². The van der Waals surface area contributed by atoms with Crippen LogP contribution >= 0.6 is 22.9 Å². The van der Waals surface area contributed by atoms with Gasteiger partial charge >= 0.3 is 0 Å². The van der Waals surface area contributed by atoms with Crippen LogP contribution < -0.4 is 0 Å². The molecule has 0 aliphatic carbocycles. The molecule has 0 bridgehead atoms. The Bertz CT molecular complexity index is 447. The van der Waals surface area contributed by atoms with Crippen molar-refractivity contribution in [3.8, 4) is 5.75 Å². The SMILES string of the molecule is Cc1c(O)ccc2scc(CCl)c12. The summed E-state index contributed by atoms with van der Waals surface area (Å²) in [6.07, 6.45) is 0. The summed E-state index contributed by atoms with van der Waals surface area (Å²) in [4.78, 5) is 0. The molecule has 1 nitrogen and oxygen atoms in total. The van der Waals surface area contributed by atoms with E-state index in [0.717, 1.165) is 16.5 Å². The Balaban J connectivity index is 2.85. The van der Waals surface area contributed by atoms with Crippen LogP contribution in [0.2, 0.25) is 0 Å². The van der Waals surface area contributed by atoms with Gasteiger partial charge in [0.05, 0.1) is 0 Å². The predicted molar refractivity (Wildman–Crippen MR) is 57.8 cm³/mol. The molecule has 68 valence electrons. The van der Waals surface area contributed by atoms with Crippen LogP contribution in [0.3, 0.4) is 0 Å². The van der Waals surface area contributed by atoms with Crippen molar-refractivity contribution in [3.05, 3.63) is 28.6 Å². The first-order valence-electron chi connectivity index (χ1n) is 3.98. The number of halogens is 1. The molecule has 0 fully saturated rings. The van der Waals surface area contributed by atoms with Crippen LogP contribution in [-0.2, 0) is 5.88 Å². The zero-order chi connectivity index (χ0) is 9.42. The van der Waals surface area contributed by atoms with Gasteiger partial charge in [0, 0.05) is 16.0 Å². The van der Waals surface area contributed by atoms with Crippen molar-refractivity contribution in [2.24, 2.45) is 0 Å². The Morgan fingerprint density at radius 3 is 2.92 bits per heavy atom. The number of aryl methyl sites for hydroxylation is 1. The summed E-state index contributed by atoms with van der Waals surface area (Å²) in [6.45, 7) is 1.92. The molecule has 2 aromatic rings. The predicted octanol–water partition coefficient (Wildman–Crippen LogP) is 3.65. The van der Waals surface area contributed by atoms with E-state index in [0.29, 0.717) is 11.6 Å². The number of phenols is 1. The molecule has 3 heteroatoms. The number of phenolic OH excluding ortho intramolecular Hbond substituents is 1. The quantitative estimate of drug-likeness (QED) is 0.716. The topological polar surface area (TPSA) is 20.2 Å². The van der Waals surface area contributed by atoms with E-state index in [1.165, 1.54) is 4.70 Å². The molecule has 0 spiro atoms. The molecule has 0 radical (unpaired) electrons. The maximum absolute atomic E-state index is 9.52. The number of alkyl halides is 1. The van der Waals surface area contributed by atoms with Crippen molar-refractivity contribution in [1.82, 2.24) is 0 Å². The zero-order valence-electron chi connectivity index (χ0n) is 7.17. The van der Waals surface area contributed by atoms with Gasteiger partial charge in [0.2, 0.25) is 0 Å². The Morgan fingerprint density at radius 1 is 1.46 bits per heavy atom. The number of hydrogen-bond acceptors (Lipinski definition) is 2. The molecule has 0 atom stereocenters. The summed E-state index contributed by atoms with van der Waals surface area (Å²) < 4.78 is 1.19. The van der Waals surface area contributed by atoms with Crippen LogP contribution in [-0.4, -0.2) is 5.11 Å². The Labute approximate surface area is 85.6 Å².